The van der Waals surface area contributed by atoms with Crippen LogP contribution in [0.5, 0.6) is 0 Å². The van der Waals surface area contributed by atoms with Gasteiger partial charge < -0.3 is 4.90 Å². The summed E-state index contributed by atoms with van der Waals surface area (Å²) in [7, 11) is 0. The summed E-state index contributed by atoms with van der Waals surface area (Å²) in [6, 6.07) is 41.6. The number of benzene rings is 5. The van der Waals surface area contributed by atoms with Gasteiger partial charge in [-0.3, -0.25) is 0 Å². The number of anilines is 3. The van der Waals surface area contributed by atoms with Crippen LogP contribution >= 0.6 is 0 Å². The maximum atomic E-state index is 2.60. The normalized spacial score (nSPS) is 31.6. The molecule has 5 aromatic carbocycles. The van der Waals surface area contributed by atoms with Crippen molar-refractivity contribution >= 4 is 17.1 Å². The highest BCUT2D eigenvalue weighted by Crippen LogP contribution is 2.89. The summed E-state index contributed by atoms with van der Waals surface area (Å²) < 4.78 is 0. The molecule has 7 aliphatic carbocycles. The predicted octanol–water partition coefficient (Wildman–Crippen LogP) is 14.9. The second-order valence-corrected chi connectivity index (χ2v) is 22.7. The van der Waals surface area contributed by atoms with Gasteiger partial charge in [0.05, 0.1) is 0 Å². The van der Waals surface area contributed by atoms with Gasteiger partial charge in [0.2, 0.25) is 0 Å². The maximum absolute atomic E-state index is 2.60. The Morgan fingerprint density at radius 2 is 0.965 bits per heavy atom. The summed E-state index contributed by atoms with van der Waals surface area (Å²) in [5.74, 6) is 3.63. The Morgan fingerprint density at radius 3 is 1.65 bits per heavy atom. The van der Waals surface area contributed by atoms with Crippen LogP contribution in [0.15, 0.2) is 103 Å². The first-order chi connectivity index (χ1) is 27.1. The molecule has 6 unspecified atom stereocenters. The molecule has 0 aromatic heterocycles. The van der Waals surface area contributed by atoms with Gasteiger partial charge in [-0.2, -0.15) is 0 Å². The van der Waals surface area contributed by atoms with Crippen LogP contribution in [0.2, 0.25) is 0 Å². The van der Waals surface area contributed by atoms with E-state index >= 15 is 0 Å². The van der Waals surface area contributed by atoms with E-state index in [9.17, 15) is 0 Å². The van der Waals surface area contributed by atoms with Crippen molar-refractivity contribution < 1.29 is 0 Å². The number of fused-ring (bicyclic) bond motifs is 10. The molecule has 0 aliphatic heterocycles. The van der Waals surface area contributed by atoms with Gasteiger partial charge in [-0.05, 0) is 194 Å². The van der Waals surface area contributed by atoms with Gasteiger partial charge in [-0.1, -0.05) is 122 Å². The molecule has 5 aromatic rings. The Balaban J connectivity index is 0.997. The molecule has 0 saturated heterocycles. The quantitative estimate of drug-likeness (QED) is 0.177. The van der Waals surface area contributed by atoms with Gasteiger partial charge >= 0.3 is 0 Å². The van der Waals surface area contributed by atoms with Crippen LogP contribution in [0.25, 0.3) is 22.3 Å². The summed E-state index contributed by atoms with van der Waals surface area (Å²) in [4.78, 5) is 2.58. The molecule has 1 heteroatoms. The lowest BCUT2D eigenvalue weighted by Crippen LogP contribution is -2.73. The number of rotatable bonds is 4. The van der Waals surface area contributed by atoms with Crippen LogP contribution in [0, 0.1) is 29.1 Å². The zero-order valence-electron chi connectivity index (χ0n) is 35.7. The molecule has 0 N–H and O–H groups in total. The average Bonchev–Trinajstić information content (AvgIpc) is 3.83. The molecule has 4 fully saturated rings. The number of hydrogen-bond donors (Lipinski definition) is 0. The summed E-state index contributed by atoms with van der Waals surface area (Å²) in [5, 5.41) is 0. The Kier molecular flexibility index (Phi) is 6.69. The predicted molar refractivity (Wildman–Crippen MR) is 238 cm³/mol. The monoisotopic (exact) mass is 747 g/mol. The second-order valence-electron chi connectivity index (χ2n) is 22.7. The molecule has 12 rings (SSSR count). The molecule has 7 aliphatic rings. The van der Waals surface area contributed by atoms with Crippen molar-refractivity contribution in [1.82, 2.24) is 0 Å². The van der Waals surface area contributed by atoms with Crippen molar-refractivity contribution in [3.8, 4) is 22.3 Å². The first-order valence-electron chi connectivity index (χ1n) is 22.6. The summed E-state index contributed by atoms with van der Waals surface area (Å²) >= 11 is 0. The lowest BCUT2D eigenvalue weighted by molar-refractivity contribution is -0.231. The van der Waals surface area contributed by atoms with E-state index in [0.717, 1.165) is 23.7 Å². The average molecular weight is 748 g/mol. The molecular weight excluding hydrogens is 687 g/mol. The standard InChI is InChI=1S/C56H61N/c1-51(2)23-25-53(5,6)47-29-36(15-20-45(47)51)35-13-16-38(17-14-35)57(40-19-22-46-48(32-40)54(7,8)26-24-52(46,3)4)39-18-21-44-42(31-39)41-11-9-10-12-43(41)56(44)49-28-34-27-37-30-50(56)55(37,49)33-34/h9-22,29,31-32,34,37,49-50H,23-28,30,33H2,1-8H3. The van der Waals surface area contributed by atoms with E-state index < -0.39 is 0 Å². The maximum Gasteiger partial charge on any atom is 0.0468 e. The summed E-state index contributed by atoms with van der Waals surface area (Å²) in [6.07, 6.45) is 10.8. The summed E-state index contributed by atoms with van der Waals surface area (Å²) in [6.45, 7) is 19.5. The minimum atomic E-state index is 0.135. The largest absolute Gasteiger partial charge is 0.310 e. The van der Waals surface area contributed by atoms with Gasteiger partial charge in [-0.15, -0.1) is 0 Å². The molecule has 290 valence electrons. The van der Waals surface area contributed by atoms with Crippen molar-refractivity contribution in [2.75, 3.05) is 4.90 Å². The van der Waals surface area contributed by atoms with Gasteiger partial charge in [-0.25, -0.2) is 0 Å². The van der Waals surface area contributed by atoms with E-state index in [4.69, 9.17) is 0 Å². The van der Waals surface area contributed by atoms with Gasteiger partial charge in [0, 0.05) is 22.5 Å². The highest BCUT2D eigenvalue weighted by atomic mass is 15.1. The second kappa shape index (κ2) is 10.9. The Bertz CT molecular complexity index is 2530. The third kappa shape index (κ3) is 4.32. The third-order valence-electron chi connectivity index (χ3n) is 18.3. The van der Waals surface area contributed by atoms with Gasteiger partial charge in [0.25, 0.3) is 0 Å². The van der Waals surface area contributed by atoms with E-state index in [1.54, 1.807) is 11.1 Å². The molecule has 57 heavy (non-hydrogen) atoms. The van der Waals surface area contributed by atoms with Crippen LogP contribution in [-0.2, 0) is 27.1 Å². The van der Waals surface area contributed by atoms with Crippen LogP contribution in [0.3, 0.4) is 0 Å². The van der Waals surface area contributed by atoms with Gasteiger partial charge in [0.1, 0.15) is 0 Å². The Labute approximate surface area is 342 Å². The fourth-order valence-electron chi connectivity index (χ4n) is 15.2. The van der Waals surface area contributed by atoms with E-state index in [1.165, 1.54) is 113 Å². The first kappa shape index (κ1) is 34.9. The highest BCUT2D eigenvalue weighted by molar-refractivity contribution is 5.89. The van der Waals surface area contributed by atoms with Crippen molar-refractivity contribution in [3.05, 3.63) is 137 Å². The van der Waals surface area contributed by atoms with Crippen LogP contribution in [0.4, 0.5) is 17.1 Å². The molecule has 0 radical (unpaired) electrons. The van der Waals surface area contributed by atoms with Crippen LogP contribution < -0.4 is 4.90 Å². The zero-order chi connectivity index (χ0) is 39.1. The van der Waals surface area contributed by atoms with Crippen molar-refractivity contribution in [3.63, 3.8) is 0 Å². The van der Waals surface area contributed by atoms with Crippen molar-refractivity contribution in [2.45, 2.75) is 134 Å². The fourth-order valence-corrected chi connectivity index (χ4v) is 15.2. The van der Waals surface area contributed by atoms with Crippen LogP contribution in [-0.4, -0.2) is 0 Å². The minimum absolute atomic E-state index is 0.135. The molecule has 2 bridgehead atoms. The molecule has 6 atom stereocenters. The first-order valence-corrected chi connectivity index (χ1v) is 22.6. The van der Waals surface area contributed by atoms with Crippen LogP contribution in [0.1, 0.15) is 140 Å². The molecule has 2 spiro atoms. The molecular formula is C56H61N. The Hall–Kier alpha value is -4.10. The van der Waals surface area contributed by atoms with E-state index in [2.05, 4.69) is 163 Å². The number of nitrogens with zero attached hydrogens (tertiary/aromatic N) is 1. The lowest BCUT2D eigenvalue weighted by atomic mass is 9.27. The molecule has 1 nitrogen and oxygen atoms in total. The smallest absolute Gasteiger partial charge is 0.0468 e. The van der Waals surface area contributed by atoms with E-state index in [1.807, 2.05) is 0 Å². The minimum Gasteiger partial charge on any atom is -0.310 e. The van der Waals surface area contributed by atoms with Gasteiger partial charge in [0.15, 0.2) is 0 Å². The Morgan fingerprint density at radius 1 is 0.439 bits per heavy atom. The van der Waals surface area contributed by atoms with E-state index in [0.29, 0.717) is 5.41 Å². The fraction of sp³-hybridized carbons (Fsp3) is 0.464. The van der Waals surface area contributed by atoms with Crippen molar-refractivity contribution in [2.24, 2.45) is 29.1 Å². The van der Waals surface area contributed by atoms with Crippen molar-refractivity contribution in [1.29, 1.82) is 0 Å². The summed E-state index contributed by atoms with van der Waals surface area (Å²) in [5.41, 5.74) is 20.3. The topological polar surface area (TPSA) is 3.24 Å². The molecule has 4 saturated carbocycles. The SMILES string of the molecule is CC1(C)CCC(C)(C)c2cc(-c3ccc(N(c4ccc5c(c4)-c4ccccc4C54C5CC6CC7CC4C75C6)c4ccc5c(c4)C(C)(C)CCC5(C)C)cc3)ccc21. The highest BCUT2D eigenvalue weighted by Gasteiger charge is 2.84. The molecule has 0 heterocycles. The lowest BCUT2D eigenvalue weighted by Gasteiger charge is -2.76. The third-order valence-corrected chi connectivity index (χ3v) is 18.3. The zero-order valence-corrected chi connectivity index (χ0v) is 35.7. The molecule has 0 amide bonds. The number of hydrogen-bond acceptors (Lipinski definition) is 1. The van der Waals surface area contributed by atoms with E-state index in [-0.39, 0.29) is 27.1 Å².